The first kappa shape index (κ1) is 20.5. The van der Waals surface area contributed by atoms with Crippen LogP contribution in [-0.4, -0.2) is 53.4 Å². The summed E-state index contributed by atoms with van der Waals surface area (Å²) in [7, 11) is 0. The molecule has 9 heteroatoms. The van der Waals surface area contributed by atoms with Crippen molar-refractivity contribution in [2.24, 2.45) is 0 Å². The minimum Gasteiger partial charge on any atom is -0.507 e. The summed E-state index contributed by atoms with van der Waals surface area (Å²) in [6, 6.07) is 10.5. The number of piperazine rings is 1. The lowest BCUT2D eigenvalue weighted by molar-refractivity contribution is -0.274. The van der Waals surface area contributed by atoms with Gasteiger partial charge in [0.15, 0.2) is 0 Å². The van der Waals surface area contributed by atoms with Gasteiger partial charge in [-0.05, 0) is 35.9 Å². The van der Waals surface area contributed by atoms with Crippen LogP contribution in [0.4, 0.5) is 13.2 Å². The zero-order valence-electron chi connectivity index (χ0n) is 14.7. The second-order valence-corrected chi connectivity index (χ2v) is 7.34. The van der Waals surface area contributed by atoms with Crippen LogP contribution in [-0.2, 0) is 6.54 Å². The van der Waals surface area contributed by atoms with Gasteiger partial charge in [-0.2, -0.15) is 0 Å². The molecule has 0 atom stereocenters. The van der Waals surface area contributed by atoms with Gasteiger partial charge in [-0.1, -0.05) is 28.1 Å². The molecule has 0 bridgehead atoms. The average Bonchev–Trinajstić information content (AvgIpc) is 2.64. The van der Waals surface area contributed by atoms with Crippen LogP contribution in [0.15, 0.2) is 46.9 Å². The van der Waals surface area contributed by atoms with Gasteiger partial charge in [-0.15, -0.1) is 13.2 Å². The Labute approximate surface area is 168 Å². The zero-order chi connectivity index (χ0) is 20.3. The molecule has 1 fully saturated rings. The number of alkyl halides is 3. The fourth-order valence-corrected chi connectivity index (χ4v) is 3.37. The number of carbonyl (C=O) groups excluding carboxylic acids is 1. The molecule has 5 nitrogen and oxygen atoms in total. The lowest BCUT2D eigenvalue weighted by Gasteiger charge is -2.35. The molecule has 0 radical (unpaired) electrons. The van der Waals surface area contributed by atoms with E-state index >= 15 is 0 Å². The number of rotatable bonds is 4. The van der Waals surface area contributed by atoms with Gasteiger partial charge in [0.05, 0.1) is 5.56 Å². The highest BCUT2D eigenvalue weighted by Crippen LogP contribution is 2.25. The first-order valence-corrected chi connectivity index (χ1v) is 9.35. The van der Waals surface area contributed by atoms with Gasteiger partial charge in [0.1, 0.15) is 11.5 Å². The second kappa shape index (κ2) is 8.40. The zero-order valence-corrected chi connectivity index (χ0v) is 16.3. The highest BCUT2D eigenvalue weighted by atomic mass is 79.9. The summed E-state index contributed by atoms with van der Waals surface area (Å²) in [4.78, 5) is 16.4. The molecule has 1 aliphatic rings. The Balaban J connectivity index is 1.54. The van der Waals surface area contributed by atoms with E-state index in [4.69, 9.17) is 0 Å². The predicted octanol–water partition coefficient (Wildman–Crippen LogP) is 4.01. The van der Waals surface area contributed by atoms with Crippen molar-refractivity contribution in [3.05, 3.63) is 58.1 Å². The van der Waals surface area contributed by atoms with Crippen molar-refractivity contribution < 1.29 is 27.8 Å². The number of halogens is 4. The summed E-state index contributed by atoms with van der Waals surface area (Å²) in [5.41, 5.74) is 1.11. The fraction of sp³-hybridized carbons (Fsp3) is 0.316. The quantitative estimate of drug-likeness (QED) is 0.751. The van der Waals surface area contributed by atoms with Gasteiger partial charge in [-0.3, -0.25) is 9.69 Å². The van der Waals surface area contributed by atoms with Crippen molar-refractivity contribution in [2.45, 2.75) is 12.9 Å². The molecule has 1 saturated heterocycles. The van der Waals surface area contributed by atoms with Gasteiger partial charge in [0, 0.05) is 37.2 Å². The molecule has 2 aromatic carbocycles. The Morgan fingerprint density at radius 3 is 2.32 bits per heavy atom. The van der Waals surface area contributed by atoms with Gasteiger partial charge in [-0.25, -0.2) is 0 Å². The molecule has 2 aromatic rings. The third-order valence-corrected chi connectivity index (χ3v) is 4.90. The molecule has 1 heterocycles. The van der Waals surface area contributed by atoms with Gasteiger partial charge < -0.3 is 14.7 Å². The van der Waals surface area contributed by atoms with E-state index in [9.17, 15) is 23.1 Å². The molecule has 0 unspecified atom stereocenters. The number of phenols is 1. The standard InChI is InChI=1S/C19H18BrF3N2O3/c20-14-3-6-17(26)16(11-14)18(27)25-9-7-24(8-10-25)12-13-1-4-15(5-2-13)28-19(21,22)23/h1-6,11,26H,7-10,12H2. The number of ether oxygens (including phenoxy) is 1. The monoisotopic (exact) mass is 458 g/mol. The van der Waals surface area contributed by atoms with Crippen LogP contribution in [0.2, 0.25) is 0 Å². The molecule has 150 valence electrons. The van der Waals surface area contributed by atoms with Crippen LogP contribution in [0.5, 0.6) is 11.5 Å². The first-order valence-electron chi connectivity index (χ1n) is 8.56. The molecule has 1 N–H and O–H groups in total. The molecule has 28 heavy (non-hydrogen) atoms. The average molecular weight is 459 g/mol. The van der Waals surface area contributed by atoms with E-state index in [-0.39, 0.29) is 23.0 Å². The topological polar surface area (TPSA) is 53.0 Å². The molecule has 3 rings (SSSR count). The Hall–Kier alpha value is -2.26. The number of hydrogen-bond acceptors (Lipinski definition) is 4. The highest BCUT2D eigenvalue weighted by molar-refractivity contribution is 9.10. The summed E-state index contributed by atoms with van der Waals surface area (Å²) >= 11 is 3.29. The van der Waals surface area contributed by atoms with Gasteiger partial charge >= 0.3 is 6.36 Å². The highest BCUT2D eigenvalue weighted by Gasteiger charge is 2.31. The maximum atomic E-state index is 12.6. The van der Waals surface area contributed by atoms with Crippen LogP contribution < -0.4 is 4.74 Å². The molecule has 0 spiro atoms. The van der Waals surface area contributed by atoms with E-state index in [2.05, 4.69) is 25.6 Å². The van der Waals surface area contributed by atoms with Crippen molar-refractivity contribution in [1.29, 1.82) is 0 Å². The third kappa shape index (κ3) is 5.39. The fourth-order valence-electron chi connectivity index (χ4n) is 3.01. The minimum absolute atomic E-state index is 0.0585. The van der Waals surface area contributed by atoms with E-state index < -0.39 is 6.36 Å². The van der Waals surface area contributed by atoms with Crippen molar-refractivity contribution in [3.63, 3.8) is 0 Å². The van der Waals surface area contributed by atoms with E-state index in [0.29, 0.717) is 37.2 Å². The summed E-state index contributed by atoms with van der Waals surface area (Å²) < 4.78 is 41.2. The number of phenolic OH excluding ortho intramolecular Hbond substituents is 1. The van der Waals surface area contributed by atoms with Crippen molar-refractivity contribution >= 4 is 21.8 Å². The van der Waals surface area contributed by atoms with Crippen molar-refractivity contribution in [2.75, 3.05) is 26.2 Å². The van der Waals surface area contributed by atoms with E-state index in [0.717, 1.165) is 5.56 Å². The lowest BCUT2D eigenvalue weighted by atomic mass is 10.1. The third-order valence-electron chi connectivity index (χ3n) is 4.41. The van der Waals surface area contributed by atoms with Crippen LogP contribution >= 0.6 is 15.9 Å². The molecule has 0 aliphatic carbocycles. The molecule has 0 saturated carbocycles. The largest absolute Gasteiger partial charge is 0.573 e. The number of benzene rings is 2. The first-order chi connectivity index (χ1) is 13.2. The number of amides is 1. The molecular formula is C19H18BrF3N2O3. The maximum Gasteiger partial charge on any atom is 0.573 e. The predicted molar refractivity (Wildman–Crippen MR) is 100 cm³/mol. The van der Waals surface area contributed by atoms with Crippen LogP contribution in [0.3, 0.4) is 0 Å². The lowest BCUT2D eigenvalue weighted by Crippen LogP contribution is -2.48. The summed E-state index contributed by atoms with van der Waals surface area (Å²) in [5.74, 6) is -0.538. The summed E-state index contributed by atoms with van der Waals surface area (Å²) in [6.07, 6.45) is -4.70. The summed E-state index contributed by atoms with van der Waals surface area (Å²) in [6.45, 7) is 2.82. The Morgan fingerprint density at radius 2 is 1.71 bits per heavy atom. The molecule has 0 aromatic heterocycles. The van der Waals surface area contributed by atoms with Gasteiger partial charge in [0.2, 0.25) is 0 Å². The van der Waals surface area contributed by atoms with Crippen molar-refractivity contribution in [1.82, 2.24) is 9.80 Å². The number of carbonyl (C=O) groups is 1. The van der Waals surface area contributed by atoms with Crippen LogP contribution in [0.25, 0.3) is 0 Å². The van der Waals surface area contributed by atoms with E-state index in [1.54, 1.807) is 29.2 Å². The molecule has 1 amide bonds. The minimum atomic E-state index is -4.70. The van der Waals surface area contributed by atoms with Gasteiger partial charge in [0.25, 0.3) is 5.91 Å². The summed E-state index contributed by atoms with van der Waals surface area (Å²) in [5, 5.41) is 9.92. The Kier molecular flexibility index (Phi) is 6.14. The van der Waals surface area contributed by atoms with E-state index in [1.807, 2.05) is 0 Å². The van der Waals surface area contributed by atoms with E-state index in [1.165, 1.54) is 18.2 Å². The van der Waals surface area contributed by atoms with Crippen LogP contribution in [0.1, 0.15) is 15.9 Å². The van der Waals surface area contributed by atoms with Crippen molar-refractivity contribution in [3.8, 4) is 11.5 Å². The maximum absolute atomic E-state index is 12.6. The number of aromatic hydroxyl groups is 1. The second-order valence-electron chi connectivity index (χ2n) is 6.42. The SMILES string of the molecule is O=C(c1cc(Br)ccc1O)N1CCN(Cc2ccc(OC(F)(F)F)cc2)CC1. The normalized spacial score (nSPS) is 15.5. The number of hydrogen-bond donors (Lipinski definition) is 1. The number of nitrogens with zero attached hydrogens (tertiary/aromatic N) is 2. The Morgan fingerprint density at radius 1 is 1.07 bits per heavy atom. The molecule has 1 aliphatic heterocycles. The van der Waals surface area contributed by atoms with Crippen LogP contribution in [0, 0.1) is 0 Å². The Bertz CT molecular complexity index is 835. The molecular weight excluding hydrogens is 441 g/mol. The smallest absolute Gasteiger partial charge is 0.507 e.